The molecule has 1 N–H and O–H groups in total. The van der Waals surface area contributed by atoms with Crippen molar-refractivity contribution in [3.63, 3.8) is 0 Å². The van der Waals surface area contributed by atoms with E-state index in [9.17, 15) is 0 Å². The highest BCUT2D eigenvalue weighted by molar-refractivity contribution is 6.31. The molecule has 1 unspecified atom stereocenters. The van der Waals surface area contributed by atoms with Gasteiger partial charge >= 0.3 is 0 Å². The maximum absolute atomic E-state index is 6.28. The second kappa shape index (κ2) is 5.12. The molecule has 0 saturated carbocycles. The molecule has 0 fully saturated rings. The van der Waals surface area contributed by atoms with E-state index in [0.29, 0.717) is 0 Å². The lowest BCUT2D eigenvalue weighted by Gasteiger charge is -2.16. The third-order valence-electron chi connectivity index (χ3n) is 3.18. The lowest BCUT2D eigenvalue weighted by molar-refractivity contribution is 0.519. The summed E-state index contributed by atoms with van der Waals surface area (Å²) in [5.74, 6) is 0.993. The van der Waals surface area contributed by atoms with Crippen molar-refractivity contribution in [3.05, 3.63) is 34.6 Å². The Morgan fingerprint density at radius 2 is 2.17 bits per heavy atom. The molecule has 98 valence electrons. The molecule has 0 saturated heterocycles. The van der Waals surface area contributed by atoms with Crippen molar-refractivity contribution < 1.29 is 0 Å². The van der Waals surface area contributed by atoms with Crippen LogP contribution >= 0.6 is 11.6 Å². The molecule has 5 nitrogen and oxygen atoms in total. The van der Waals surface area contributed by atoms with E-state index in [-0.39, 0.29) is 6.04 Å². The van der Waals surface area contributed by atoms with Gasteiger partial charge in [-0.2, -0.15) is 5.10 Å². The Hall–Kier alpha value is -1.33. The molecule has 18 heavy (non-hydrogen) atoms. The van der Waals surface area contributed by atoms with E-state index in [1.807, 2.05) is 43.5 Å². The fraction of sp³-hybridized carbons (Fsp3) is 0.500. The molecule has 2 aromatic heterocycles. The number of aromatic nitrogens is 4. The second-order valence-corrected chi connectivity index (χ2v) is 4.79. The average molecular weight is 268 g/mol. The number of rotatable bonds is 4. The number of aryl methyl sites for hydroxylation is 3. The zero-order valence-corrected chi connectivity index (χ0v) is 11.9. The maximum Gasteiger partial charge on any atom is 0.125 e. The topological polar surface area (TPSA) is 47.7 Å². The van der Waals surface area contributed by atoms with Gasteiger partial charge in [-0.1, -0.05) is 11.6 Å². The summed E-state index contributed by atoms with van der Waals surface area (Å²) in [5.41, 5.74) is 1.89. The number of nitrogens with one attached hydrogen (secondary N) is 1. The van der Waals surface area contributed by atoms with Crippen molar-refractivity contribution in [1.82, 2.24) is 24.6 Å². The van der Waals surface area contributed by atoms with E-state index in [0.717, 1.165) is 28.7 Å². The molecule has 0 aliphatic rings. The number of nitrogens with zero attached hydrogens (tertiary/aromatic N) is 4. The number of halogens is 1. The van der Waals surface area contributed by atoms with Gasteiger partial charge in [-0.25, -0.2) is 4.98 Å². The Labute approximate surface area is 112 Å². The van der Waals surface area contributed by atoms with Gasteiger partial charge in [0.15, 0.2) is 0 Å². The van der Waals surface area contributed by atoms with Crippen LogP contribution in [0.5, 0.6) is 0 Å². The standard InChI is InChI=1S/C12H18ClN5/c1-8-11(13)10(18(4)16-8)7-9(14-2)12-15-5-6-17(12)3/h5-6,9,14H,7H2,1-4H3. The first-order valence-corrected chi connectivity index (χ1v) is 6.24. The van der Waals surface area contributed by atoms with E-state index in [1.165, 1.54) is 0 Å². The summed E-state index contributed by atoms with van der Waals surface area (Å²) < 4.78 is 3.85. The van der Waals surface area contributed by atoms with Gasteiger partial charge in [0.2, 0.25) is 0 Å². The van der Waals surface area contributed by atoms with Crippen LogP contribution in [0.3, 0.4) is 0 Å². The quantitative estimate of drug-likeness (QED) is 0.916. The minimum atomic E-state index is 0.122. The normalized spacial score (nSPS) is 12.9. The highest BCUT2D eigenvalue weighted by Crippen LogP contribution is 2.24. The predicted octanol–water partition coefficient (Wildman–Crippen LogP) is 1.62. The van der Waals surface area contributed by atoms with Crippen LogP contribution in [0.4, 0.5) is 0 Å². The third kappa shape index (κ3) is 2.28. The highest BCUT2D eigenvalue weighted by Gasteiger charge is 2.19. The predicted molar refractivity (Wildman–Crippen MR) is 71.7 cm³/mol. The van der Waals surface area contributed by atoms with Gasteiger partial charge in [0.05, 0.1) is 22.5 Å². The van der Waals surface area contributed by atoms with Gasteiger partial charge in [-0.05, 0) is 14.0 Å². The van der Waals surface area contributed by atoms with Crippen LogP contribution in [0.2, 0.25) is 5.02 Å². The summed E-state index contributed by atoms with van der Waals surface area (Å²) in [6.07, 6.45) is 4.50. The zero-order chi connectivity index (χ0) is 13.3. The largest absolute Gasteiger partial charge is 0.337 e. The van der Waals surface area contributed by atoms with Crippen LogP contribution in [0.1, 0.15) is 23.3 Å². The molecule has 0 spiro atoms. The molecule has 0 amide bonds. The summed E-state index contributed by atoms with van der Waals surface area (Å²) >= 11 is 6.28. The zero-order valence-electron chi connectivity index (χ0n) is 11.1. The van der Waals surface area contributed by atoms with Crippen molar-refractivity contribution in [2.45, 2.75) is 19.4 Å². The van der Waals surface area contributed by atoms with Gasteiger partial charge in [0, 0.05) is 32.9 Å². The van der Waals surface area contributed by atoms with Crippen LogP contribution in [0.15, 0.2) is 12.4 Å². The summed E-state index contributed by atoms with van der Waals surface area (Å²) in [4.78, 5) is 4.38. The van der Waals surface area contributed by atoms with Crippen molar-refractivity contribution >= 4 is 11.6 Å². The van der Waals surface area contributed by atoms with Crippen LogP contribution in [-0.2, 0) is 20.5 Å². The molecule has 0 aliphatic carbocycles. The monoisotopic (exact) mass is 267 g/mol. The van der Waals surface area contributed by atoms with Gasteiger partial charge in [0.1, 0.15) is 5.82 Å². The SMILES string of the molecule is CNC(Cc1c(Cl)c(C)nn1C)c1nccn1C. The van der Waals surface area contributed by atoms with Crippen molar-refractivity contribution in [2.75, 3.05) is 7.05 Å². The summed E-state index contributed by atoms with van der Waals surface area (Å²) in [7, 11) is 5.83. The maximum atomic E-state index is 6.28. The van der Waals surface area contributed by atoms with Gasteiger partial charge < -0.3 is 9.88 Å². The second-order valence-electron chi connectivity index (χ2n) is 4.41. The van der Waals surface area contributed by atoms with Crippen LogP contribution in [-0.4, -0.2) is 26.4 Å². The van der Waals surface area contributed by atoms with E-state index >= 15 is 0 Å². The first kappa shape index (κ1) is 13.1. The Bertz CT molecular complexity index is 543. The minimum absolute atomic E-state index is 0.122. The summed E-state index contributed by atoms with van der Waals surface area (Å²) in [5, 5.41) is 8.35. The van der Waals surface area contributed by atoms with Crippen molar-refractivity contribution in [2.24, 2.45) is 14.1 Å². The molecule has 0 aliphatic heterocycles. The smallest absolute Gasteiger partial charge is 0.125 e. The lowest BCUT2D eigenvalue weighted by Crippen LogP contribution is -2.23. The summed E-state index contributed by atoms with van der Waals surface area (Å²) in [6.45, 7) is 1.92. The van der Waals surface area contributed by atoms with Crippen molar-refractivity contribution in [3.8, 4) is 0 Å². The van der Waals surface area contributed by atoms with E-state index < -0.39 is 0 Å². The molecule has 2 rings (SSSR count). The first-order valence-electron chi connectivity index (χ1n) is 5.87. The fourth-order valence-electron chi connectivity index (χ4n) is 2.13. The van der Waals surface area contributed by atoms with E-state index in [2.05, 4.69) is 15.4 Å². The van der Waals surface area contributed by atoms with Gasteiger partial charge in [0.25, 0.3) is 0 Å². The molecule has 0 bridgehead atoms. The van der Waals surface area contributed by atoms with Gasteiger partial charge in [-0.3, -0.25) is 4.68 Å². The first-order chi connectivity index (χ1) is 8.54. The number of hydrogen-bond acceptors (Lipinski definition) is 3. The molecule has 0 aromatic carbocycles. The van der Waals surface area contributed by atoms with Crippen LogP contribution in [0.25, 0.3) is 0 Å². The number of imidazole rings is 1. The minimum Gasteiger partial charge on any atom is -0.337 e. The Kier molecular flexibility index (Phi) is 3.73. The third-order valence-corrected chi connectivity index (χ3v) is 3.67. The fourth-order valence-corrected chi connectivity index (χ4v) is 2.37. The molecule has 6 heteroatoms. The molecule has 2 aromatic rings. The highest BCUT2D eigenvalue weighted by atomic mass is 35.5. The average Bonchev–Trinajstić information content (AvgIpc) is 2.84. The molecular weight excluding hydrogens is 250 g/mol. The Morgan fingerprint density at radius 3 is 2.61 bits per heavy atom. The summed E-state index contributed by atoms with van der Waals surface area (Å²) in [6, 6.07) is 0.122. The van der Waals surface area contributed by atoms with Crippen molar-refractivity contribution in [1.29, 1.82) is 0 Å². The Morgan fingerprint density at radius 1 is 1.44 bits per heavy atom. The molecule has 1 atom stereocenters. The van der Waals surface area contributed by atoms with Crippen LogP contribution < -0.4 is 5.32 Å². The number of hydrogen-bond donors (Lipinski definition) is 1. The van der Waals surface area contributed by atoms with E-state index in [1.54, 1.807) is 6.20 Å². The number of likely N-dealkylation sites (N-methyl/N-ethyl adjacent to an activating group) is 1. The Balaban J connectivity index is 2.29. The lowest BCUT2D eigenvalue weighted by atomic mass is 10.1. The van der Waals surface area contributed by atoms with Gasteiger partial charge in [-0.15, -0.1) is 0 Å². The van der Waals surface area contributed by atoms with Crippen LogP contribution in [0, 0.1) is 6.92 Å². The molecule has 0 radical (unpaired) electrons. The molecular formula is C12H18ClN5. The molecule has 2 heterocycles. The van der Waals surface area contributed by atoms with E-state index in [4.69, 9.17) is 11.6 Å².